The van der Waals surface area contributed by atoms with Gasteiger partial charge in [-0.25, -0.2) is 8.78 Å². The largest absolute Gasteiger partial charge is 0.389 e. The summed E-state index contributed by atoms with van der Waals surface area (Å²) in [4.78, 5) is -0.185. The van der Waals surface area contributed by atoms with Gasteiger partial charge in [0, 0.05) is 14.5 Å². The van der Waals surface area contributed by atoms with Crippen molar-refractivity contribution < 1.29 is 8.78 Å². The lowest BCUT2D eigenvalue weighted by atomic mass is 10.1. The summed E-state index contributed by atoms with van der Waals surface area (Å²) in [6, 6.07) is 8.11. The third kappa shape index (κ3) is 2.99. The first-order chi connectivity index (χ1) is 9.41. The molecule has 0 fully saturated rings. The Hall–Kier alpha value is -1.05. The number of anilines is 2. The molecule has 2 aromatic carbocycles. The van der Waals surface area contributed by atoms with Crippen LogP contribution in [0, 0.1) is 11.6 Å². The van der Waals surface area contributed by atoms with E-state index in [1.165, 1.54) is 12.1 Å². The van der Waals surface area contributed by atoms with Gasteiger partial charge in [-0.05, 0) is 56.1 Å². The van der Waals surface area contributed by atoms with E-state index in [0.29, 0.717) is 14.6 Å². The van der Waals surface area contributed by atoms with Crippen LogP contribution < -0.4 is 11.1 Å². The Morgan fingerprint density at radius 3 is 2.20 bits per heavy atom. The number of rotatable bonds is 3. The maximum Gasteiger partial charge on any atom is 0.182 e. The molecule has 2 rings (SSSR count). The predicted octanol–water partition coefficient (Wildman–Crippen LogP) is 4.87. The van der Waals surface area contributed by atoms with Crippen molar-refractivity contribution >= 4 is 60.4 Å². The van der Waals surface area contributed by atoms with E-state index < -0.39 is 11.6 Å². The van der Waals surface area contributed by atoms with Crippen molar-refractivity contribution in [1.29, 1.82) is 0 Å². The van der Waals surface area contributed by atoms with E-state index in [1.54, 1.807) is 12.1 Å². The first-order valence-electron chi connectivity index (χ1n) is 5.40. The van der Waals surface area contributed by atoms with Gasteiger partial charge in [-0.15, -0.1) is 0 Å². The summed E-state index contributed by atoms with van der Waals surface area (Å²) in [5, 5.41) is 2.82. The Morgan fingerprint density at radius 2 is 1.65 bits per heavy atom. The van der Waals surface area contributed by atoms with Gasteiger partial charge in [0.15, 0.2) is 11.6 Å². The lowest BCUT2D eigenvalue weighted by molar-refractivity contribution is 0.510. The van der Waals surface area contributed by atoms with Gasteiger partial charge in [0.1, 0.15) is 4.99 Å². The summed E-state index contributed by atoms with van der Waals surface area (Å²) in [6.07, 6.45) is 0. The van der Waals surface area contributed by atoms with Gasteiger partial charge in [-0.2, -0.15) is 0 Å². The third-order valence-electron chi connectivity index (χ3n) is 2.57. The van der Waals surface area contributed by atoms with Gasteiger partial charge in [0.05, 0.1) is 11.4 Å². The molecule has 0 saturated heterocycles. The van der Waals surface area contributed by atoms with Crippen LogP contribution in [0.3, 0.4) is 0 Å². The summed E-state index contributed by atoms with van der Waals surface area (Å²) in [5.41, 5.74) is 5.79. The SMILES string of the molecule is NC(=S)c1ccc(Nc2c(Br)cccc2Br)c(F)c1F. The fourth-order valence-electron chi connectivity index (χ4n) is 1.59. The quantitative estimate of drug-likeness (QED) is 0.694. The van der Waals surface area contributed by atoms with E-state index in [0.717, 1.165) is 0 Å². The molecule has 2 nitrogen and oxygen atoms in total. The van der Waals surface area contributed by atoms with E-state index >= 15 is 0 Å². The third-order valence-corrected chi connectivity index (χ3v) is 4.11. The number of hydrogen-bond acceptors (Lipinski definition) is 2. The Bertz CT molecular complexity index is 672. The molecule has 0 heterocycles. The van der Waals surface area contributed by atoms with Gasteiger partial charge in [0.2, 0.25) is 0 Å². The number of nitrogens with two attached hydrogens (primary N) is 1. The molecule has 0 atom stereocenters. The number of para-hydroxylation sites is 1. The van der Waals surface area contributed by atoms with Crippen molar-refractivity contribution in [3.8, 4) is 0 Å². The minimum atomic E-state index is -1.06. The maximum atomic E-state index is 14.0. The van der Waals surface area contributed by atoms with Crippen molar-refractivity contribution in [2.75, 3.05) is 5.32 Å². The first-order valence-corrected chi connectivity index (χ1v) is 7.40. The molecule has 0 bridgehead atoms. The van der Waals surface area contributed by atoms with Gasteiger partial charge in [-0.3, -0.25) is 0 Å². The zero-order chi connectivity index (χ0) is 14.9. The number of benzene rings is 2. The van der Waals surface area contributed by atoms with E-state index in [9.17, 15) is 8.78 Å². The molecular formula is C13H8Br2F2N2S. The lowest BCUT2D eigenvalue weighted by Gasteiger charge is -2.13. The van der Waals surface area contributed by atoms with Crippen LogP contribution in [0.4, 0.5) is 20.2 Å². The van der Waals surface area contributed by atoms with Crippen LogP contribution in [0.2, 0.25) is 0 Å². The highest BCUT2D eigenvalue weighted by molar-refractivity contribution is 9.11. The topological polar surface area (TPSA) is 38.0 Å². The Balaban J connectivity index is 2.45. The van der Waals surface area contributed by atoms with Crippen molar-refractivity contribution in [2.45, 2.75) is 0 Å². The highest BCUT2D eigenvalue weighted by Gasteiger charge is 2.16. The molecule has 2 aromatic rings. The summed E-state index contributed by atoms with van der Waals surface area (Å²) in [7, 11) is 0. The average molecular weight is 422 g/mol. The molecule has 0 aromatic heterocycles. The molecule has 0 aliphatic carbocycles. The van der Waals surface area contributed by atoms with Crippen molar-refractivity contribution in [3.05, 3.63) is 56.5 Å². The smallest absolute Gasteiger partial charge is 0.182 e. The number of halogens is 4. The number of hydrogen-bond donors (Lipinski definition) is 2. The second-order valence-electron chi connectivity index (χ2n) is 3.87. The van der Waals surface area contributed by atoms with Gasteiger partial charge in [0.25, 0.3) is 0 Å². The standard InChI is InChI=1S/C13H8Br2F2N2S/c14-7-2-1-3-8(15)12(7)19-9-5-4-6(13(18)20)10(16)11(9)17/h1-5,19H,(H2,18,20). The lowest BCUT2D eigenvalue weighted by Crippen LogP contribution is -2.13. The first kappa shape index (κ1) is 15.3. The molecule has 104 valence electrons. The summed E-state index contributed by atoms with van der Waals surface area (Å²) < 4.78 is 29.2. The van der Waals surface area contributed by atoms with Crippen LogP contribution >= 0.6 is 44.1 Å². The summed E-state index contributed by atoms with van der Waals surface area (Å²) >= 11 is 11.3. The molecule has 0 unspecified atom stereocenters. The maximum absolute atomic E-state index is 14.0. The minimum Gasteiger partial charge on any atom is -0.389 e. The fourth-order valence-corrected chi connectivity index (χ4v) is 2.94. The van der Waals surface area contributed by atoms with Gasteiger partial charge < -0.3 is 11.1 Å². The Morgan fingerprint density at radius 1 is 1.05 bits per heavy atom. The van der Waals surface area contributed by atoms with Gasteiger partial charge >= 0.3 is 0 Å². The number of nitrogens with one attached hydrogen (secondary N) is 1. The molecule has 0 saturated carbocycles. The van der Waals surface area contributed by atoms with E-state index in [-0.39, 0.29) is 16.2 Å². The molecule has 0 aliphatic rings. The van der Waals surface area contributed by atoms with E-state index in [2.05, 4.69) is 49.4 Å². The molecular weight excluding hydrogens is 414 g/mol. The summed E-state index contributed by atoms with van der Waals surface area (Å²) in [6.45, 7) is 0. The molecule has 20 heavy (non-hydrogen) atoms. The minimum absolute atomic E-state index is 0.00454. The predicted molar refractivity (Wildman–Crippen MR) is 87.4 cm³/mol. The van der Waals surface area contributed by atoms with Crippen molar-refractivity contribution in [2.24, 2.45) is 5.73 Å². The monoisotopic (exact) mass is 420 g/mol. The van der Waals surface area contributed by atoms with Crippen LogP contribution in [0.5, 0.6) is 0 Å². The van der Waals surface area contributed by atoms with Gasteiger partial charge in [-0.1, -0.05) is 18.3 Å². The average Bonchev–Trinajstić information content (AvgIpc) is 2.38. The van der Waals surface area contributed by atoms with Crippen molar-refractivity contribution in [1.82, 2.24) is 0 Å². The molecule has 0 aliphatic heterocycles. The second kappa shape index (κ2) is 6.15. The summed E-state index contributed by atoms with van der Waals surface area (Å²) in [5.74, 6) is -2.09. The zero-order valence-corrected chi connectivity index (χ0v) is 13.9. The Labute approximate surface area is 136 Å². The van der Waals surface area contributed by atoms with Crippen LogP contribution in [-0.4, -0.2) is 4.99 Å². The molecule has 0 radical (unpaired) electrons. The normalized spacial score (nSPS) is 10.4. The Kier molecular flexibility index (Phi) is 4.72. The molecule has 0 amide bonds. The van der Waals surface area contributed by atoms with E-state index in [4.69, 9.17) is 5.73 Å². The van der Waals surface area contributed by atoms with Crippen LogP contribution in [0.25, 0.3) is 0 Å². The highest BCUT2D eigenvalue weighted by Crippen LogP contribution is 2.34. The number of thiocarbonyl (C=S) groups is 1. The molecule has 0 spiro atoms. The second-order valence-corrected chi connectivity index (χ2v) is 6.02. The van der Waals surface area contributed by atoms with Crippen LogP contribution in [0.15, 0.2) is 39.3 Å². The molecule has 7 heteroatoms. The molecule has 3 N–H and O–H groups in total. The highest BCUT2D eigenvalue weighted by atomic mass is 79.9. The van der Waals surface area contributed by atoms with Crippen LogP contribution in [0.1, 0.15) is 5.56 Å². The zero-order valence-electron chi connectivity index (χ0n) is 9.88. The van der Waals surface area contributed by atoms with E-state index in [1.807, 2.05) is 6.07 Å². The fraction of sp³-hybridized carbons (Fsp3) is 0. The van der Waals surface area contributed by atoms with Crippen LogP contribution in [-0.2, 0) is 0 Å². The van der Waals surface area contributed by atoms with Crippen molar-refractivity contribution in [3.63, 3.8) is 0 Å².